The van der Waals surface area contributed by atoms with Gasteiger partial charge in [-0.25, -0.2) is 0 Å². The van der Waals surface area contributed by atoms with Crippen LogP contribution in [0.5, 0.6) is 11.5 Å². The second kappa shape index (κ2) is 40.0. The van der Waals surface area contributed by atoms with E-state index in [0.29, 0.717) is 0 Å². The average Bonchev–Trinajstić information content (AvgIpc) is 0.734. The van der Waals surface area contributed by atoms with Gasteiger partial charge in [0.2, 0.25) is 0 Å². The lowest BCUT2D eigenvalue weighted by Gasteiger charge is -2.28. The molecule has 10 heteroatoms. The third kappa shape index (κ3) is 17.9. The van der Waals surface area contributed by atoms with Gasteiger partial charge in [-0.1, -0.05) is 267 Å². The van der Waals surface area contributed by atoms with Crippen molar-refractivity contribution in [2.75, 3.05) is 81.6 Å². The standard InChI is InChI=1S/C52H36N2.C44H38N4.C42H32N2O2/c1-5-13-37(14-6-1)39-25-29-47(30-26-39)53(45-17-9-3-10-18-45)49-33-41-21-23-43-35-50(36-44-24-22-42(34-49)51(41)52(43)44)54(46-19-11-4-12-20-46)48-31-27-40(28-32-48)38-15-7-2-8-16-38;1-45(2)35-19-23-39(24-20-35)47(37-11-7-5-8-12-37)41-27-31-15-17-33-29-42(30-34-18-16-32(28-41)43(31)44(33)34)48(38-13-9-6-10-14-38)40-25-21-36(22-26-40)46(3)4;1-45-39-21-17-35(18-22-39)43(33-9-5-3-6-10-33)37-25-29-13-15-31-27-38(28-32-16-14-30(26-37)41(29)42(31)32)44(34-11-7-4-8-12-34)36-19-23-40(46-2)24-20-36/h1-36H;5-30H,1-4H3;3-28H,1-2H3. The van der Waals surface area contributed by atoms with Crippen LogP contribution in [0.4, 0.5) is 114 Å². The molecule has 0 aromatic heterocycles. The van der Waals surface area contributed by atoms with Crippen molar-refractivity contribution in [3.63, 3.8) is 0 Å². The van der Waals surface area contributed by atoms with Gasteiger partial charge < -0.3 is 48.7 Å². The smallest absolute Gasteiger partial charge is 0.119 e. The Kier molecular flexibility index (Phi) is 24.7. The van der Waals surface area contributed by atoms with Crippen LogP contribution in [0.1, 0.15) is 0 Å². The maximum Gasteiger partial charge on any atom is 0.119 e. The van der Waals surface area contributed by atoms with E-state index in [4.69, 9.17) is 9.47 Å². The number of anilines is 20. The summed E-state index contributed by atoms with van der Waals surface area (Å²) in [6.45, 7) is 0. The summed E-state index contributed by atoms with van der Waals surface area (Å²) in [6.07, 6.45) is 0. The van der Waals surface area contributed by atoms with Gasteiger partial charge in [0.05, 0.1) is 14.2 Å². The van der Waals surface area contributed by atoms with Gasteiger partial charge in [0.25, 0.3) is 0 Å². The molecule has 0 unspecified atom stereocenters. The van der Waals surface area contributed by atoms with Crippen LogP contribution in [0, 0.1) is 0 Å². The minimum Gasteiger partial charge on any atom is -0.497 e. The Morgan fingerprint density at radius 2 is 0.250 bits per heavy atom. The van der Waals surface area contributed by atoms with Crippen molar-refractivity contribution in [1.29, 1.82) is 0 Å². The van der Waals surface area contributed by atoms with Crippen molar-refractivity contribution < 1.29 is 9.47 Å². The normalized spacial score (nSPS) is 11.3. The van der Waals surface area contributed by atoms with Gasteiger partial charge in [-0.15, -0.1) is 0 Å². The molecule has 0 saturated carbocycles. The molecule has 0 saturated heterocycles. The molecule has 0 heterocycles. The summed E-state index contributed by atoms with van der Waals surface area (Å²) in [5.74, 6) is 1.67. The molecule has 0 aliphatic heterocycles. The van der Waals surface area contributed by atoms with Crippen LogP contribution in [0.25, 0.3) is 119 Å². The molecule has 0 N–H and O–H groups in total. The maximum atomic E-state index is 5.45. The van der Waals surface area contributed by atoms with Crippen molar-refractivity contribution >= 4 is 211 Å². The van der Waals surface area contributed by atoms with Crippen molar-refractivity contribution in [2.45, 2.75) is 0 Å². The number of benzene rings is 26. The monoisotopic (exact) mass is 1910 g/mol. The third-order valence-corrected chi connectivity index (χ3v) is 28.5. The zero-order valence-electron chi connectivity index (χ0n) is 83.2. The molecule has 0 amide bonds. The summed E-state index contributed by atoms with van der Waals surface area (Å²) in [5.41, 5.74) is 27.3. The number of rotatable bonds is 24. The first-order chi connectivity index (χ1) is 72.9. The van der Waals surface area contributed by atoms with E-state index in [1.807, 2.05) is 24.3 Å². The number of hydrogen-bond donors (Lipinski definition) is 0. The van der Waals surface area contributed by atoms with Crippen LogP contribution in [0.3, 0.4) is 0 Å². The number of nitrogens with zero attached hydrogens (tertiary/aromatic N) is 8. The van der Waals surface area contributed by atoms with E-state index in [0.717, 1.165) is 114 Å². The Balaban J connectivity index is 0.000000119. The highest BCUT2D eigenvalue weighted by Crippen LogP contribution is 2.51. The Morgan fingerprint density at radius 1 is 0.122 bits per heavy atom. The summed E-state index contributed by atoms with van der Waals surface area (Å²) in [6, 6.07) is 192. The Morgan fingerprint density at radius 3 is 0.405 bits per heavy atom. The molecule has 0 bridgehead atoms. The molecule has 0 aliphatic carbocycles. The van der Waals surface area contributed by atoms with E-state index < -0.39 is 0 Å². The Hall–Kier alpha value is -19.2. The van der Waals surface area contributed by atoms with Crippen molar-refractivity contribution in [3.05, 3.63) is 534 Å². The van der Waals surface area contributed by atoms with Gasteiger partial charge in [-0.3, -0.25) is 0 Å². The number of ether oxygens (including phenoxy) is 2. The average molecular weight is 1910 g/mol. The SMILES string of the molecule is CN(C)c1ccc(N(c2ccccc2)c2cc3ccc4cc(N(c5ccccc5)c5ccc(N(C)C)cc5)cc5ccc(c2)c3c45)cc1.COc1ccc(N(c2ccccc2)c2cc3ccc4cc(N(c5ccccc5)c5ccc(OC)cc5)cc5ccc(c2)c3c45)cc1.c1ccc(-c2ccc(N(c3ccccc3)c3cc4ccc5cc(N(c6ccccc6)c6ccc(-c7ccccc7)cc6)cc6ccc(c3)c4c56)cc2)cc1. The second-order valence-corrected chi connectivity index (χ2v) is 38.1. The molecule has 148 heavy (non-hydrogen) atoms. The molecule has 0 fully saturated rings. The van der Waals surface area contributed by atoms with E-state index >= 15 is 0 Å². The zero-order chi connectivity index (χ0) is 99.7. The minimum absolute atomic E-state index is 0.837. The molecular weight excluding hydrogens is 1800 g/mol. The van der Waals surface area contributed by atoms with E-state index in [9.17, 15) is 0 Å². The van der Waals surface area contributed by atoms with Gasteiger partial charge in [0.15, 0.2) is 0 Å². The van der Waals surface area contributed by atoms with E-state index in [2.05, 4.69) is 577 Å². The number of para-hydroxylation sites is 6. The fraction of sp³-hybridized carbons (Fsp3) is 0.0435. The predicted octanol–water partition coefficient (Wildman–Crippen LogP) is 38.1. The first-order valence-electron chi connectivity index (χ1n) is 50.3. The van der Waals surface area contributed by atoms with Crippen molar-refractivity contribution in [3.8, 4) is 33.8 Å². The fourth-order valence-electron chi connectivity index (χ4n) is 21.5. The lowest BCUT2D eigenvalue weighted by Crippen LogP contribution is -2.12. The Labute approximate surface area is 863 Å². The molecule has 26 rings (SSSR count). The second-order valence-electron chi connectivity index (χ2n) is 38.1. The summed E-state index contributed by atoms with van der Waals surface area (Å²) >= 11 is 0. The largest absolute Gasteiger partial charge is 0.497 e. The van der Waals surface area contributed by atoms with Gasteiger partial charge >= 0.3 is 0 Å². The molecule has 0 aliphatic rings. The fourth-order valence-corrected chi connectivity index (χ4v) is 21.5. The molecule has 10 nitrogen and oxygen atoms in total. The highest BCUT2D eigenvalue weighted by atomic mass is 16.5. The quantitative estimate of drug-likeness (QED) is 0.0547. The zero-order valence-corrected chi connectivity index (χ0v) is 83.2. The number of hydrogen-bond acceptors (Lipinski definition) is 10. The highest BCUT2D eigenvalue weighted by molar-refractivity contribution is 6.28. The molecule has 0 spiro atoms. The predicted molar refractivity (Wildman–Crippen MR) is 631 cm³/mol. The van der Waals surface area contributed by atoms with Gasteiger partial charge in [-0.05, 0) is 386 Å². The van der Waals surface area contributed by atoms with Crippen molar-refractivity contribution in [1.82, 2.24) is 0 Å². The van der Waals surface area contributed by atoms with Crippen LogP contribution in [-0.4, -0.2) is 42.4 Å². The van der Waals surface area contributed by atoms with Crippen molar-refractivity contribution in [2.24, 2.45) is 0 Å². The topological polar surface area (TPSA) is 44.4 Å². The Bertz CT molecular complexity index is 8390. The highest BCUT2D eigenvalue weighted by Gasteiger charge is 2.26. The van der Waals surface area contributed by atoms with Gasteiger partial charge in [-0.2, -0.15) is 0 Å². The van der Waals surface area contributed by atoms with Crippen LogP contribution in [-0.2, 0) is 0 Å². The van der Waals surface area contributed by atoms with Crippen LogP contribution < -0.4 is 48.7 Å². The molecular formula is C138H106N8O2. The lowest BCUT2D eigenvalue weighted by molar-refractivity contribution is 0.414. The molecule has 710 valence electrons. The lowest BCUT2D eigenvalue weighted by atomic mass is 9.92. The summed E-state index contributed by atoms with van der Waals surface area (Å²) in [7, 11) is 11.7. The summed E-state index contributed by atoms with van der Waals surface area (Å²) in [5, 5.41) is 22.5. The summed E-state index contributed by atoms with van der Waals surface area (Å²) in [4.78, 5) is 18.3. The van der Waals surface area contributed by atoms with Crippen LogP contribution >= 0.6 is 0 Å². The van der Waals surface area contributed by atoms with Gasteiger partial charge in [0.1, 0.15) is 11.5 Å². The van der Waals surface area contributed by atoms with E-state index in [1.54, 1.807) is 14.2 Å². The maximum absolute atomic E-state index is 5.45. The van der Waals surface area contributed by atoms with E-state index in [1.165, 1.54) is 131 Å². The molecule has 26 aromatic carbocycles. The summed E-state index contributed by atoms with van der Waals surface area (Å²) < 4.78 is 10.9. The van der Waals surface area contributed by atoms with Crippen LogP contribution in [0.2, 0.25) is 0 Å². The first-order valence-corrected chi connectivity index (χ1v) is 50.3. The molecule has 26 aromatic rings. The first kappa shape index (κ1) is 91.3. The molecule has 0 atom stereocenters. The van der Waals surface area contributed by atoms with E-state index in [-0.39, 0.29) is 0 Å². The van der Waals surface area contributed by atoms with Crippen LogP contribution in [0.15, 0.2) is 534 Å². The molecule has 0 radical (unpaired) electrons. The number of methoxy groups -OCH3 is 2. The third-order valence-electron chi connectivity index (χ3n) is 28.5. The minimum atomic E-state index is 0.837. The van der Waals surface area contributed by atoms with Gasteiger partial charge in [0, 0.05) is 142 Å².